The number of carbonyl (C=O) groups is 2. The molecule has 1 atom stereocenters. The van der Waals surface area contributed by atoms with Crippen LogP contribution in [0.1, 0.15) is 28.3 Å². The monoisotopic (exact) mass is 474 g/mol. The molecule has 0 spiro atoms. The highest BCUT2D eigenvalue weighted by Crippen LogP contribution is 2.46. The zero-order valence-electron chi connectivity index (χ0n) is 19.9. The minimum atomic E-state index is -0.915. The number of pyridine rings is 1. The topological polar surface area (TPSA) is 98.2 Å². The first-order valence-electron chi connectivity index (χ1n) is 10.9. The maximum absolute atomic E-state index is 13.4. The van der Waals surface area contributed by atoms with E-state index in [9.17, 15) is 14.7 Å². The predicted octanol–water partition coefficient (Wildman–Crippen LogP) is 4.04. The Hall–Kier alpha value is -4.33. The molecular weight excluding hydrogens is 448 g/mol. The van der Waals surface area contributed by atoms with Gasteiger partial charge in [0.1, 0.15) is 11.5 Å². The molecule has 1 aliphatic rings. The average Bonchev–Trinajstić information content (AvgIpc) is 3.13. The van der Waals surface area contributed by atoms with E-state index in [0.29, 0.717) is 33.9 Å². The molecule has 1 saturated heterocycles. The van der Waals surface area contributed by atoms with Crippen LogP contribution in [0, 0.1) is 6.92 Å². The van der Waals surface area contributed by atoms with Crippen LogP contribution in [-0.4, -0.2) is 48.0 Å². The Morgan fingerprint density at radius 1 is 1.03 bits per heavy atom. The number of ether oxygens (including phenoxy) is 3. The largest absolute Gasteiger partial charge is 0.507 e. The van der Waals surface area contributed by atoms with Crippen LogP contribution in [0.5, 0.6) is 17.2 Å². The van der Waals surface area contributed by atoms with Gasteiger partial charge in [-0.15, -0.1) is 0 Å². The van der Waals surface area contributed by atoms with Crippen molar-refractivity contribution in [1.82, 2.24) is 9.88 Å². The number of aliphatic hydroxyl groups excluding tert-OH is 1. The second-order valence-electron chi connectivity index (χ2n) is 8.05. The Morgan fingerprint density at radius 2 is 1.83 bits per heavy atom. The van der Waals surface area contributed by atoms with Crippen LogP contribution < -0.4 is 14.2 Å². The second kappa shape index (κ2) is 9.89. The molecule has 3 aromatic rings. The molecular formula is C27H26N2O6. The van der Waals surface area contributed by atoms with Gasteiger partial charge < -0.3 is 24.2 Å². The van der Waals surface area contributed by atoms with Crippen molar-refractivity contribution in [1.29, 1.82) is 0 Å². The van der Waals surface area contributed by atoms with Crippen molar-refractivity contribution in [2.24, 2.45) is 0 Å². The summed E-state index contributed by atoms with van der Waals surface area (Å²) in [4.78, 5) is 32.2. The second-order valence-corrected chi connectivity index (χ2v) is 8.05. The summed E-state index contributed by atoms with van der Waals surface area (Å²) >= 11 is 0. The van der Waals surface area contributed by atoms with Crippen molar-refractivity contribution in [3.63, 3.8) is 0 Å². The van der Waals surface area contributed by atoms with Crippen molar-refractivity contribution in [2.45, 2.75) is 19.5 Å². The van der Waals surface area contributed by atoms with E-state index in [1.807, 2.05) is 6.07 Å². The van der Waals surface area contributed by atoms with Crippen LogP contribution >= 0.6 is 0 Å². The highest BCUT2D eigenvalue weighted by Gasteiger charge is 2.47. The first kappa shape index (κ1) is 23.8. The molecule has 1 aliphatic heterocycles. The van der Waals surface area contributed by atoms with E-state index in [4.69, 9.17) is 14.2 Å². The average molecular weight is 475 g/mol. The number of likely N-dealkylation sites (tertiary alicyclic amines) is 1. The van der Waals surface area contributed by atoms with E-state index >= 15 is 0 Å². The van der Waals surface area contributed by atoms with Gasteiger partial charge >= 0.3 is 0 Å². The lowest BCUT2D eigenvalue weighted by atomic mass is 9.93. The third-order valence-electron chi connectivity index (χ3n) is 6.03. The fourth-order valence-corrected chi connectivity index (χ4v) is 4.36. The first-order chi connectivity index (χ1) is 16.9. The lowest BCUT2D eigenvalue weighted by Gasteiger charge is -2.27. The first-order valence-corrected chi connectivity index (χ1v) is 10.9. The SMILES string of the molecule is COc1ccc(C(O)=C2C(=O)C(=O)N(Cc3cccnc3)[C@@H]2c2cccc(OC)c2OC)c(C)c1. The summed E-state index contributed by atoms with van der Waals surface area (Å²) in [6, 6.07) is 13.0. The number of nitrogens with zero attached hydrogens (tertiary/aromatic N) is 2. The van der Waals surface area contributed by atoms with Gasteiger partial charge in [0.05, 0.1) is 32.9 Å². The van der Waals surface area contributed by atoms with Gasteiger partial charge in [0.25, 0.3) is 11.7 Å². The Balaban J connectivity index is 1.95. The minimum Gasteiger partial charge on any atom is -0.507 e. The molecule has 0 bridgehead atoms. The number of amides is 1. The summed E-state index contributed by atoms with van der Waals surface area (Å²) in [7, 11) is 4.55. The fraction of sp³-hybridized carbons (Fsp3) is 0.222. The Bertz CT molecular complexity index is 1300. The van der Waals surface area contributed by atoms with E-state index in [2.05, 4.69) is 4.98 Å². The van der Waals surface area contributed by atoms with Gasteiger partial charge in [0.15, 0.2) is 11.5 Å². The predicted molar refractivity (Wildman–Crippen MR) is 129 cm³/mol. The highest BCUT2D eigenvalue weighted by molar-refractivity contribution is 6.46. The van der Waals surface area contributed by atoms with Crippen LogP contribution in [0.2, 0.25) is 0 Å². The van der Waals surface area contributed by atoms with Gasteiger partial charge in [-0.1, -0.05) is 18.2 Å². The third kappa shape index (κ3) is 4.30. The number of aromatic nitrogens is 1. The Kier molecular flexibility index (Phi) is 6.73. The number of rotatable bonds is 7. The van der Waals surface area contributed by atoms with Gasteiger partial charge in [0, 0.05) is 30.1 Å². The number of aliphatic hydroxyl groups is 1. The van der Waals surface area contributed by atoms with Crippen LogP contribution in [0.3, 0.4) is 0 Å². The van der Waals surface area contributed by atoms with Gasteiger partial charge in [-0.2, -0.15) is 0 Å². The number of hydrogen-bond acceptors (Lipinski definition) is 7. The maximum Gasteiger partial charge on any atom is 0.295 e. The van der Waals surface area contributed by atoms with E-state index in [1.165, 1.54) is 19.1 Å². The molecule has 2 heterocycles. The van der Waals surface area contributed by atoms with Crippen molar-refractivity contribution in [3.05, 3.63) is 88.8 Å². The van der Waals surface area contributed by atoms with Gasteiger partial charge in [0.2, 0.25) is 0 Å². The van der Waals surface area contributed by atoms with Crippen molar-refractivity contribution in [3.8, 4) is 17.2 Å². The van der Waals surface area contributed by atoms with Crippen LogP contribution in [-0.2, 0) is 16.1 Å². The van der Waals surface area contributed by atoms with Crippen LogP contribution in [0.4, 0.5) is 0 Å². The Labute approximate surface area is 203 Å². The number of benzene rings is 2. The van der Waals surface area contributed by atoms with Crippen LogP contribution in [0.25, 0.3) is 5.76 Å². The molecule has 1 amide bonds. The number of Topliss-reactive ketones (excluding diaryl/α,β-unsaturated/α-hetero) is 1. The van der Waals surface area contributed by atoms with Crippen LogP contribution in [0.15, 0.2) is 66.5 Å². The fourth-order valence-electron chi connectivity index (χ4n) is 4.36. The summed E-state index contributed by atoms with van der Waals surface area (Å²) in [6.45, 7) is 1.91. The lowest BCUT2D eigenvalue weighted by molar-refractivity contribution is -0.140. The molecule has 2 aromatic carbocycles. The van der Waals surface area contributed by atoms with E-state index in [-0.39, 0.29) is 17.9 Å². The molecule has 180 valence electrons. The summed E-state index contributed by atoms with van der Waals surface area (Å²) < 4.78 is 16.3. The molecule has 0 unspecified atom stereocenters. The van der Waals surface area contributed by atoms with Crippen molar-refractivity contribution < 1.29 is 28.9 Å². The maximum atomic E-state index is 13.4. The number of ketones is 1. The molecule has 0 radical (unpaired) electrons. The number of para-hydroxylation sites is 1. The minimum absolute atomic E-state index is 0.0290. The molecule has 35 heavy (non-hydrogen) atoms. The van der Waals surface area contributed by atoms with Gasteiger partial charge in [-0.05, 0) is 48.4 Å². The van der Waals surface area contributed by atoms with E-state index in [0.717, 1.165) is 5.56 Å². The molecule has 8 heteroatoms. The summed E-state index contributed by atoms with van der Waals surface area (Å²) in [5, 5.41) is 11.4. The molecule has 1 aromatic heterocycles. The Morgan fingerprint density at radius 3 is 2.46 bits per heavy atom. The standard InChI is InChI=1S/C27H26N2O6/c1-16-13-18(33-2)10-11-19(16)24(30)22-23(20-8-5-9-21(34-3)26(20)35-4)29(27(32)25(22)31)15-17-7-6-12-28-14-17/h5-14,23,30H,15H2,1-4H3/t23-/m1/s1. The van der Waals surface area contributed by atoms with E-state index < -0.39 is 17.7 Å². The summed E-state index contributed by atoms with van der Waals surface area (Å²) in [5.74, 6) is -0.352. The van der Waals surface area contributed by atoms with Crippen molar-refractivity contribution >= 4 is 17.4 Å². The number of hydrogen-bond donors (Lipinski definition) is 1. The van der Waals surface area contributed by atoms with Gasteiger partial charge in [-0.3, -0.25) is 14.6 Å². The smallest absolute Gasteiger partial charge is 0.295 e. The summed E-state index contributed by atoms with van der Waals surface area (Å²) in [6.07, 6.45) is 3.26. The zero-order valence-corrected chi connectivity index (χ0v) is 19.9. The van der Waals surface area contributed by atoms with Crippen molar-refractivity contribution in [2.75, 3.05) is 21.3 Å². The molecule has 0 aliphatic carbocycles. The molecule has 4 rings (SSSR count). The molecule has 8 nitrogen and oxygen atoms in total. The number of carbonyl (C=O) groups excluding carboxylic acids is 2. The zero-order chi connectivity index (χ0) is 25.1. The lowest BCUT2D eigenvalue weighted by Crippen LogP contribution is -2.29. The molecule has 1 N–H and O–H groups in total. The number of methoxy groups -OCH3 is 3. The highest BCUT2D eigenvalue weighted by atomic mass is 16.5. The third-order valence-corrected chi connectivity index (χ3v) is 6.03. The summed E-state index contributed by atoms with van der Waals surface area (Å²) in [5.41, 5.74) is 2.34. The quantitative estimate of drug-likeness (QED) is 0.314. The van der Waals surface area contributed by atoms with Gasteiger partial charge in [-0.25, -0.2) is 0 Å². The van der Waals surface area contributed by atoms with E-state index in [1.54, 1.807) is 68.9 Å². The number of aryl methyl sites for hydroxylation is 1. The molecule has 1 fully saturated rings. The molecule has 0 saturated carbocycles. The normalized spacial score (nSPS) is 16.9.